The standard InChI is InChI=1S/C12H13BrFN3O/c1-2-8(15)6-11-16-12(17-18-11)9-4-3-7(14)5-10(9)13/h3-5,8H,2,6,15H2,1H3. The highest BCUT2D eigenvalue weighted by atomic mass is 79.9. The normalized spacial score (nSPS) is 12.7. The molecule has 1 atom stereocenters. The fourth-order valence-electron chi connectivity index (χ4n) is 1.49. The van der Waals surface area contributed by atoms with Crippen molar-refractivity contribution in [3.8, 4) is 11.4 Å². The van der Waals surface area contributed by atoms with Crippen LogP contribution in [0.5, 0.6) is 0 Å². The molecule has 0 aliphatic rings. The van der Waals surface area contributed by atoms with Crippen LogP contribution in [-0.2, 0) is 6.42 Å². The van der Waals surface area contributed by atoms with Crippen molar-refractivity contribution >= 4 is 15.9 Å². The number of benzene rings is 1. The molecule has 1 heterocycles. The van der Waals surface area contributed by atoms with Gasteiger partial charge in [0, 0.05) is 22.5 Å². The van der Waals surface area contributed by atoms with Crippen LogP contribution in [0.1, 0.15) is 19.2 Å². The molecule has 0 saturated carbocycles. The van der Waals surface area contributed by atoms with Gasteiger partial charge in [0.05, 0.1) is 0 Å². The fraction of sp³-hybridized carbons (Fsp3) is 0.333. The van der Waals surface area contributed by atoms with Gasteiger partial charge in [-0.15, -0.1) is 0 Å². The zero-order valence-corrected chi connectivity index (χ0v) is 11.4. The van der Waals surface area contributed by atoms with E-state index in [0.29, 0.717) is 28.2 Å². The lowest BCUT2D eigenvalue weighted by Crippen LogP contribution is -2.21. The van der Waals surface area contributed by atoms with E-state index in [0.717, 1.165) is 6.42 Å². The van der Waals surface area contributed by atoms with Gasteiger partial charge in [0.2, 0.25) is 11.7 Å². The van der Waals surface area contributed by atoms with Crippen molar-refractivity contribution in [2.45, 2.75) is 25.8 Å². The first-order chi connectivity index (χ1) is 8.60. The Morgan fingerprint density at radius 2 is 2.28 bits per heavy atom. The van der Waals surface area contributed by atoms with Gasteiger partial charge in [-0.1, -0.05) is 12.1 Å². The van der Waals surface area contributed by atoms with E-state index in [-0.39, 0.29) is 11.9 Å². The smallest absolute Gasteiger partial charge is 0.228 e. The van der Waals surface area contributed by atoms with Gasteiger partial charge in [0.1, 0.15) is 5.82 Å². The van der Waals surface area contributed by atoms with Gasteiger partial charge in [-0.2, -0.15) is 4.98 Å². The maximum atomic E-state index is 13.0. The second kappa shape index (κ2) is 5.58. The number of hydrogen-bond acceptors (Lipinski definition) is 4. The third-order valence-electron chi connectivity index (χ3n) is 2.60. The van der Waals surface area contributed by atoms with Gasteiger partial charge in [-0.3, -0.25) is 0 Å². The highest BCUT2D eigenvalue weighted by Gasteiger charge is 2.13. The average molecular weight is 314 g/mol. The van der Waals surface area contributed by atoms with Gasteiger partial charge >= 0.3 is 0 Å². The Morgan fingerprint density at radius 3 is 2.94 bits per heavy atom. The van der Waals surface area contributed by atoms with Crippen molar-refractivity contribution in [1.82, 2.24) is 10.1 Å². The molecule has 2 rings (SSSR count). The SMILES string of the molecule is CCC(N)Cc1nc(-c2ccc(F)cc2Br)no1. The molecule has 96 valence electrons. The summed E-state index contributed by atoms with van der Waals surface area (Å²) in [4.78, 5) is 4.25. The molecule has 0 radical (unpaired) electrons. The molecule has 0 bridgehead atoms. The number of nitrogens with zero attached hydrogens (tertiary/aromatic N) is 2. The second-order valence-electron chi connectivity index (χ2n) is 4.01. The summed E-state index contributed by atoms with van der Waals surface area (Å²) in [6.45, 7) is 2.00. The molecule has 1 aromatic carbocycles. The van der Waals surface area contributed by atoms with Crippen molar-refractivity contribution in [2.24, 2.45) is 5.73 Å². The number of aromatic nitrogens is 2. The Balaban J connectivity index is 2.24. The highest BCUT2D eigenvalue weighted by Crippen LogP contribution is 2.26. The van der Waals surface area contributed by atoms with E-state index in [4.69, 9.17) is 10.3 Å². The molecule has 2 N–H and O–H groups in total. The number of hydrogen-bond donors (Lipinski definition) is 1. The minimum atomic E-state index is -0.317. The molecule has 0 amide bonds. The molecule has 0 fully saturated rings. The number of halogens is 2. The third-order valence-corrected chi connectivity index (χ3v) is 3.26. The lowest BCUT2D eigenvalue weighted by molar-refractivity contribution is 0.368. The second-order valence-corrected chi connectivity index (χ2v) is 4.86. The van der Waals surface area contributed by atoms with E-state index in [2.05, 4.69) is 26.1 Å². The molecule has 0 saturated heterocycles. The van der Waals surface area contributed by atoms with Crippen LogP contribution in [0.15, 0.2) is 27.2 Å². The van der Waals surface area contributed by atoms with Crippen molar-refractivity contribution in [3.05, 3.63) is 34.4 Å². The summed E-state index contributed by atoms with van der Waals surface area (Å²) in [5.74, 6) is 0.609. The molecule has 0 aliphatic heterocycles. The number of rotatable bonds is 4. The molecule has 6 heteroatoms. The summed E-state index contributed by atoms with van der Waals surface area (Å²) in [5, 5.41) is 3.87. The quantitative estimate of drug-likeness (QED) is 0.942. The van der Waals surface area contributed by atoms with Crippen LogP contribution < -0.4 is 5.73 Å². The molecule has 1 unspecified atom stereocenters. The topological polar surface area (TPSA) is 64.9 Å². The van der Waals surface area contributed by atoms with E-state index in [9.17, 15) is 4.39 Å². The van der Waals surface area contributed by atoms with Gasteiger partial charge < -0.3 is 10.3 Å². The van der Waals surface area contributed by atoms with Crippen LogP contribution in [-0.4, -0.2) is 16.2 Å². The molecular weight excluding hydrogens is 301 g/mol. The highest BCUT2D eigenvalue weighted by molar-refractivity contribution is 9.10. The van der Waals surface area contributed by atoms with Gasteiger partial charge in [0.15, 0.2) is 0 Å². The van der Waals surface area contributed by atoms with E-state index < -0.39 is 0 Å². The van der Waals surface area contributed by atoms with E-state index in [1.165, 1.54) is 12.1 Å². The maximum Gasteiger partial charge on any atom is 0.228 e. The monoisotopic (exact) mass is 313 g/mol. The van der Waals surface area contributed by atoms with Crippen LogP contribution in [0.2, 0.25) is 0 Å². The lowest BCUT2D eigenvalue weighted by Gasteiger charge is -2.02. The van der Waals surface area contributed by atoms with Crippen LogP contribution in [0.3, 0.4) is 0 Å². The summed E-state index contributed by atoms with van der Waals surface area (Å²) in [6.07, 6.45) is 1.39. The number of nitrogens with two attached hydrogens (primary N) is 1. The fourth-order valence-corrected chi connectivity index (χ4v) is 2.01. The van der Waals surface area contributed by atoms with Crippen LogP contribution in [0.4, 0.5) is 4.39 Å². The predicted octanol–water partition coefficient (Wildman–Crippen LogP) is 2.92. The Kier molecular flexibility index (Phi) is 4.08. The first kappa shape index (κ1) is 13.2. The molecule has 2 aromatic rings. The molecule has 0 aliphatic carbocycles. The summed E-state index contributed by atoms with van der Waals surface area (Å²) in [7, 11) is 0. The minimum Gasteiger partial charge on any atom is -0.339 e. The van der Waals surface area contributed by atoms with Crippen molar-refractivity contribution < 1.29 is 8.91 Å². The Morgan fingerprint density at radius 1 is 1.50 bits per heavy atom. The van der Waals surface area contributed by atoms with E-state index >= 15 is 0 Å². The maximum absolute atomic E-state index is 13.0. The predicted molar refractivity (Wildman–Crippen MR) is 69.4 cm³/mol. The zero-order chi connectivity index (χ0) is 13.1. The lowest BCUT2D eigenvalue weighted by atomic mass is 10.2. The summed E-state index contributed by atoms with van der Waals surface area (Å²) >= 11 is 3.27. The Hall–Kier alpha value is -1.27. The molecular formula is C12H13BrFN3O. The molecule has 4 nitrogen and oxygen atoms in total. The molecule has 0 spiro atoms. The van der Waals surface area contributed by atoms with Gasteiger partial charge in [0.25, 0.3) is 0 Å². The van der Waals surface area contributed by atoms with Crippen LogP contribution in [0.25, 0.3) is 11.4 Å². The third kappa shape index (κ3) is 2.94. The summed E-state index contributed by atoms with van der Waals surface area (Å²) < 4.78 is 18.7. The molecule has 18 heavy (non-hydrogen) atoms. The minimum absolute atomic E-state index is 0.00922. The summed E-state index contributed by atoms with van der Waals surface area (Å²) in [5.41, 5.74) is 6.51. The van der Waals surface area contributed by atoms with E-state index in [1.54, 1.807) is 6.07 Å². The first-order valence-corrected chi connectivity index (χ1v) is 6.43. The van der Waals surface area contributed by atoms with Gasteiger partial charge in [-0.05, 0) is 40.5 Å². The van der Waals surface area contributed by atoms with E-state index in [1.807, 2.05) is 6.92 Å². The molecule has 1 aromatic heterocycles. The summed E-state index contributed by atoms with van der Waals surface area (Å²) in [6, 6.07) is 4.33. The van der Waals surface area contributed by atoms with Crippen LogP contribution >= 0.6 is 15.9 Å². The Labute approximate surface area is 113 Å². The Bertz CT molecular complexity index is 544. The largest absolute Gasteiger partial charge is 0.339 e. The van der Waals surface area contributed by atoms with Crippen molar-refractivity contribution in [1.29, 1.82) is 0 Å². The average Bonchev–Trinajstić information content (AvgIpc) is 2.77. The van der Waals surface area contributed by atoms with Crippen molar-refractivity contribution in [3.63, 3.8) is 0 Å². The first-order valence-electron chi connectivity index (χ1n) is 5.63. The van der Waals surface area contributed by atoms with Gasteiger partial charge in [-0.25, -0.2) is 4.39 Å². The van der Waals surface area contributed by atoms with Crippen LogP contribution in [0, 0.1) is 5.82 Å². The zero-order valence-electron chi connectivity index (χ0n) is 9.86. The van der Waals surface area contributed by atoms with Crippen molar-refractivity contribution in [2.75, 3.05) is 0 Å².